The molecule has 8 heteroatoms. The standard InChI is InChI=1S/C13H21N3O2S.2ClH/c1-7-12(19-8(2)16-7)6-15-13(18)9-3-4-11(17)10(14)5-9;;/h9-11,17H,3-6,14H2,1-2H3,(H,15,18);2*1H/t9-,10+,11+;;/m0../s1. The summed E-state index contributed by atoms with van der Waals surface area (Å²) < 4.78 is 0. The molecule has 4 N–H and O–H groups in total. The van der Waals surface area contributed by atoms with Gasteiger partial charge in [-0.3, -0.25) is 4.79 Å². The van der Waals surface area contributed by atoms with E-state index >= 15 is 0 Å². The molecule has 0 aliphatic heterocycles. The number of nitrogens with one attached hydrogen (secondary N) is 1. The van der Waals surface area contributed by atoms with Crippen molar-refractivity contribution < 1.29 is 9.90 Å². The summed E-state index contributed by atoms with van der Waals surface area (Å²) in [6.45, 7) is 4.45. The van der Waals surface area contributed by atoms with Crippen molar-refractivity contribution in [2.24, 2.45) is 11.7 Å². The average molecular weight is 356 g/mol. The third kappa shape index (κ3) is 5.38. The van der Waals surface area contributed by atoms with Gasteiger partial charge in [-0.2, -0.15) is 0 Å². The number of halogens is 2. The molecule has 3 atom stereocenters. The Labute approximate surface area is 141 Å². The molecule has 2 rings (SSSR count). The monoisotopic (exact) mass is 355 g/mol. The van der Waals surface area contributed by atoms with E-state index in [2.05, 4.69) is 10.3 Å². The zero-order valence-electron chi connectivity index (χ0n) is 12.2. The van der Waals surface area contributed by atoms with Gasteiger partial charge in [-0.05, 0) is 33.1 Å². The predicted molar refractivity (Wildman–Crippen MR) is 89.3 cm³/mol. The molecule has 0 unspecified atom stereocenters. The van der Waals surface area contributed by atoms with Crippen LogP contribution in [0.25, 0.3) is 0 Å². The summed E-state index contributed by atoms with van der Waals surface area (Å²) >= 11 is 1.61. The van der Waals surface area contributed by atoms with E-state index in [1.807, 2.05) is 13.8 Å². The first-order valence-electron chi connectivity index (χ1n) is 6.61. The third-order valence-corrected chi connectivity index (χ3v) is 4.73. The van der Waals surface area contributed by atoms with Crippen molar-refractivity contribution >= 4 is 42.1 Å². The Morgan fingerprint density at radius 2 is 2.10 bits per heavy atom. The first-order chi connectivity index (χ1) is 8.97. The predicted octanol–water partition coefficient (Wildman–Crippen LogP) is 1.71. The maximum Gasteiger partial charge on any atom is 0.223 e. The van der Waals surface area contributed by atoms with E-state index in [0.29, 0.717) is 25.8 Å². The number of nitrogens with two attached hydrogens (primary N) is 1. The molecule has 1 aromatic heterocycles. The van der Waals surface area contributed by atoms with E-state index in [-0.39, 0.29) is 42.7 Å². The van der Waals surface area contributed by atoms with Crippen LogP contribution in [0.15, 0.2) is 0 Å². The Bertz CT molecular complexity index is 470. The molecule has 21 heavy (non-hydrogen) atoms. The van der Waals surface area contributed by atoms with E-state index in [1.165, 1.54) is 0 Å². The number of aryl methyl sites for hydroxylation is 2. The lowest BCUT2D eigenvalue weighted by molar-refractivity contribution is -0.127. The number of aliphatic hydroxyl groups is 1. The molecule has 0 bridgehead atoms. The normalized spacial score (nSPS) is 24.7. The van der Waals surface area contributed by atoms with Crippen molar-refractivity contribution in [2.45, 2.75) is 51.8 Å². The molecule has 0 spiro atoms. The van der Waals surface area contributed by atoms with Crippen LogP contribution in [0.4, 0.5) is 0 Å². The van der Waals surface area contributed by atoms with Crippen LogP contribution in [0, 0.1) is 19.8 Å². The highest BCUT2D eigenvalue weighted by molar-refractivity contribution is 7.11. The molecule has 0 saturated heterocycles. The molecule has 122 valence electrons. The molecule has 0 radical (unpaired) electrons. The van der Waals surface area contributed by atoms with Gasteiger partial charge < -0.3 is 16.2 Å². The van der Waals surface area contributed by atoms with Gasteiger partial charge in [0.05, 0.1) is 23.4 Å². The quantitative estimate of drug-likeness (QED) is 0.769. The van der Waals surface area contributed by atoms with E-state index in [4.69, 9.17) is 5.73 Å². The number of hydrogen-bond donors (Lipinski definition) is 3. The van der Waals surface area contributed by atoms with Crippen LogP contribution < -0.4 is 11.1 Å². The van der Waals surface area contributed by atoms with Crippen LogP contribution in [0.1, 0.15) is 34.8 Å². The number of carbonyl (C=O) groups is 1. The average Bonchev–Trinajstić information content (AvgIpc) is 2.68. The minimum absolute atomic E-state index is 0. The molecular formula is C13H23Cl2N3O2S. The molecule has 1 aliphatic carbocycles. The maximum atomic E-state index is 12.1. The Kier molecular flexibility index (Phi) is 8.73. The first-order valence-corrected chi connectivity index (χ1v) is 7.43. The molecule has 1 amide bonds. The summed E-state index contributed by atoms with van der Waals surface area (Å²) in [4.78, 5) is 17.5. The fourth-order valence-electron chi connectivity index (χ4n) is 2.48. The van der Waals surface area contributed by atoms with Crippen molar-refractivity contribution in [1.82, 2.24) is 10.3 Å². The number of hydrogen-bond acceptors (Lipinski definition) is 5. The molecule has 1 saturated carbocycles. The van der Waals surface area contributed by atoms with E-state index in [1.54, 1.807) is 11.3 Å². The Morgan fingerprint density at radius 1 is 1.43 bits per heavy atom. The second kappa shape index (κ2) is 8.90. The zero-order valence-corrected chi connectivity index (χ0v) is 14.6. The maximum absolute atomic E-state index is 12.1. The molecular weight excluding hydrogens is 333 g/mol. The molecule has 1 heterocycles. The number of carbonyl (C=O) groups excluding carboxylic acids is 1. The summed E-state index contributed by atoms with van der Waals surface area (Å²) in [5, 5.41) is 13.5. The van der Waals surface area contributed by atoms with Gasteiger partial charge in [0.25, 0.3) is 0 Å². The lowest BCUT2D eigenvalue weighted by atomic mass is 9.84. The van der Waals surface area contributed by atoms with Crippen molar-refractivity contribution in [1.29, 1.82) is 0 Å². The van der Waals surface area contributed by atoms with Crippen LogP contribution in [-0.4, -0.2) is 28.1 Å². The minimum Gasteiger partial charge on any atom is -0.392 e. The summed E-state index contributed by atoms with van der Waals surface area (Å²) in [6, 6.07) is -0.281. The first kappa shape index (κ1) is 20.6. The number of rotatable bonds is 3. The van der Waals surface area contributed by atoms with Crippen LogP contribution in [0.2, 0.25) is 0 Å². The largest absolute Gasteiger partial charge is 0.392 e. The van der Waals surface area contributed by atoms with Gasteiger partial charge in [0.15, 0.2) is 0 Å². The van der Waals surface area contributed by atoms with Crippen LogP contribution >= 0.6 is 36.2 Å². The Morgan fingerprint density at radius 3 is 2.62 bits per heavy atom. The lowest BCUT2D eigenvalue weighted by Crippen LogP contribution is -2.44. The van der Waals surface area contributed by atoms with Gasteiger partial charge >= 0.3 is 0 Å². The van der Waals surface area contributed by atoms with Gasteiger partial charge in [0.1, 0.15) is 0 Å². The third-order valence-electron chi connectivity index (χ3n) is 3.66. The highest BCUT2D eigenvalue weighted by Gasteiger charge is 2.30. The van der Waals surface area contributed by atoms with E-state index in [0.717, 1.165) is 15.6 Å². The summed E-state index contributed by atoms with van der Waals surface area (Å²) in [5.74, 6) is -0.0412. The van der Waals surface area contributed by atoms with Gasteiger partial charge in [0, 0.05) is 16.8 Å². The topological polar surface area (TPSA) is 88.2 Å². The fourth-order valence-corrected chi connectivity index (χ4v) is 3.35. The SMILES string of the molecule is Cc1nc(C)c(CNC(=O)[C@H]2CC[C@@H](O)[C@H](N)C2)s1.Cl.Cl. The van der Waals surface area contributed by atoms with Crippen molar-refractivity contribution in [3.05, 3.63) is 15.6 Å². The number of aliphatic hydroxyl groups excluding tert-OH is 1. The van der Waals surface area contributed by atoms with E-state index < -0.39 is 6.10 Å². The number of nitrogens with zero attached hydrogens (tertiary/aromatic N) is 1. The molecule has 1 aliphatic rings. The number of thiazole rings is 1. The summed E-state index contributed by atoms with van der Waals surface area (Å²) in [6.07, 6.45) is 1.42. The summed E-state index contributed by atoms with van der Waals surface area (Å²) in [5.41, 5.74) is 6.79. The second-order valence-electron chi connectivity index (χ2n) is 5.20. The fraction of sp³-hybridized carbons (Fsp3) is 0.692. The smallest absolute Gasteiger partial charge is 0.223 e. The Hall–Kier alpha value is -0.400. The molecule has 5 nitrogen and oxygen atoms in total. The Balaban J connectivity index is 0.00000200. The molecule has 0 aromatic carbocycles. The van der Waals surface area contributed by atoms with Crippen LogP contribution in [0.3, 0.4) is 0 Å². The van der Waals surface area contributed by atoms with Gasteiger partial charge in [-0.25, -0.2) is 4.98 Å². The van der Waals surface area contributed by atoms with Crippen molar-refractivity contribution in [3.8, 4) is 0 Å². The van der Waals surface area contributed by atoms with Crippen molar-refractivity contribution in [2.75, 3.05) is 0 Å². The van der Waals surface area contributed by atoms with E-state index in [9.17, 15) is 9.90 Å². The van der Waals surface area contributed by atoms with Gasteiger partial charge in [-0.1, -0.05) is 0 Å². The summed E-state index contributed by atoms with van der Waals surface area (Å²) in [7, 11) is 0. The molecule has 1 aromatic rings. The van der Waals surface area contributed by atoms with Crippen LogP contribution in [0.5, 0.6) is 0 Å². The zero-order chi connectivity index (χ0) is 14.0. The van der Waals surface area contributed by atoms with Gasteiger partial charge in [-0.15, -0.1) is 36.2 Å². The second-order valence-corrected chi connectivity index (χ2v) is 6.49. The highest BCUT2D eigenvalue weighted by Crippen LogP contribution is 2.24. The number of amides is 1. The highest BCUT2D eigenvalue weighted by atomic mass is 35.5. The van der Waals surface area contributed by atoms with Gasteiger partial charge in [0.2, 0.25) is 5.91 Å². The lowest BCUT2D eigenvalue weighted by Gasteiger charge is -2.29. The van der Waals surface area contributed by atoms with Crippen molar-refractivity contribution in [3.63, 3.8) is 0 Å². The minimum atomic E-state index is -0.463. The number of aromatic nitrogens is 1. The van der Waals surface area contributed by atoms with Crippen LogP contribution in [-0.2, 0) is 11.3 Å². The molecule has 1 fully saturated rings.